The van der Waals surface area contributed by atoms with Crippen LogP contribution in [0.5, 0.6) is 0 Å². The number of carbonyl (C=O) groups excluding carboxylic acids is 1. The number of benzene rings is 1. The molecule has 248 valence electrons. The Bertz CT molecular complexity index is 1360. The monoisotopic (exact) mass is 616 g/mol. The van der Waals surface area contributed by atoms with E-state index in [1.165, 1.54) is 62.5 Å². The van der Waals surface area contributed by atoms with Gasteiger partial charge in [-0.3, -0.25) is 4.79 Å². The van der Waals surface area contributed by atoms with Gasteiger partial charge in [-0.25, -0.2) is 4.79 Å². The van der Waals surface area contributed by atoms with Crippen molar-refractivity contribution in [3.63, 3.8) is 0 Å². The molecule has 6 rings (SSSR count). The minimum Gasteiger partial charge on any atom is -0.478 e. The van der Waals surface area contributed by atoms with Crippen molar-refractivity contribution in [2.75, 3.05) is 20.6 Å². The molecule has 0 saturated heterocycles. The molecular formula is C40H60N2O3. The molecule has 2 N–H and O–H groups in total. The van der Waals surface area contributed by atoms with Gasteiger partial charge in [0.1, 0.15) is 0 Å². The predicted octanol–water partition coefficient (Wildman–Crippen LogP) is 8.55. The topological polar surface area (TPSA) is 69.6 Å². The van der Waals surface area contributed by atoms with Crippen molar-refractivity contribution >= 4 is 17.4 Å². The summed E-state index contributed by atoms with van der Waals surface area (Å²) in [7, 11) is 3.75. The van der Waals surface area contributed by atoms with Crippen molar-refractivity contribution in [1.29, 1.82) is 0 Å². The Labute approximate surface area is 273 Å². The smallest absolute Gasteiger partial charge is 0.335 e. The van der Waals surface area contributed by atoms with E-state index < -0.39 is 5.97 Å². The van der Waals surface area contributed by atoms with Crippen LogP contribution in [0, 0.1) is 57.2 Å². The van der Waals surface area contributed by atoms with E-state index in [0.29, 0.717) is 52.5 Å². The zero-order valence-corrected chi connectivity index (χ0v) is 29.6. The number of fused-ring (bicyclic) bond motifs is 7. The number of nitrogens with zero attached hydrogens (tertiary/aromatic N) is 1. The quantitative estimate of drug-likeness (QED) is 0.336. The Hall–Kier alpha value is -2.14. The normalized spacial score (nSPS) is 41.7. The van der Waals surface area contributed by atoms with Crippen molar-refractivity contribution < 1.29 is 14.7 Å². The number of carbonyl (C=O) groups is 2. The zero-order chi connectivity index (χ0) is 32.7. The number of aromatic carboxylic acids is 1. The molecule has 4 fully saturated rings. The van der Waals surface area contributed by atoms with Gasteiger partial charge in [-0.15, -0.1) is 0 Å². The molecule has 1 amide bonds. The largest absolute Gasteiger partial charge is 0.478 e. The first kappa shape index (κ1) is 32.8. The van der Waals surface area contributed by atoms with Crippen LogP contribution in [-0.2, 0) is 4.79 Å². The summed E-state index contributed by atoms with van der Waals surface area (Å²) < 4.78 is 0. The van der Waals surface area contributed by atoms with Crippen molar-refractivity contribution in [2.24, 2.45) is 57.2 Å². The summed E-state index contributed by atoms with van der Waals surface area (Å²) in [5, 5.41) is 13.4. The van der Waals surface area contributed by atoms with Gasteiger partial charge in [-0.2, -0.15) is 0 Å². The van der Waals surface area contributed by atoms with E-state index in [4.69, 9.17) is 0 Å². The first-order valence-electron chi connectivity index (χ1n) is 18.0. The highest BCUT2D eigenvalue weighted by Gasteiger charge is 2.70. The van der Waals surface area contributed by atoms with Gasteiger partial charge in [0.2, 0.25) is 5.91 Å². The number of likely N-dealkylation sites (N-methyl/N-ethyl adjacent to an activating group) is 1. The second-order valence-electron chi connectivity index (χ2n) is 17.9. The number of carboxylic acid groups (broad SMARTS) is 1. The number of hydrogen-bond donors (Lipinski definition) is 2. The molecule has 0 spiro atoms. The molecule has 5 aliphatic carbocycles. The average Bonchev–Trinajstić information content (AvgIpc) is 3.36. The number of nitrogens with one attached hydrogen (secondary N) is 1. The van der Waals surface area contributed by atoms with Crippen LogP contribution in [0.25, 0.3) is 5.57 Å². The van der Waals surface area contributed by atoms with Gasteiger partial charge in [0.15, 0.2) is 0 Å². The Morgan fingerprint density at radius 1 is 0.889 bits per heavy atom. The van der Waals surface area contributed by atoms with Crippen LogP contribution in [0.2, 0.25) is 0 Å². The summed E-state index contributed by atoms with van der Waals surface area (Å²) >= 11 is 0. The fourth-order valence-corrected chi connectivity index (χ4v) is 13.0. The van der Waals surface area contributed by atoms with Crippen molar-refractivity contribution in [1.82, 2.24) is 10.2 Å². The number of allylic oxidation sites excluding steroid dienone is 2. The van der Waals surface area contributed by atoms with Gasteiger partial charge >= 0.3 is 5.97 Å². The van der Waals surface area contributed by atoms with E-state index in [1.54, 1.807) is 17.0 Å². The number of amides is 1. The molecule has 0 radical (unpaired) electrons. The maximum Gasteiger partial charge on any atom is 0.335 e. The average molecular weight is 617 g/mol. The third kappa shape index (κ3) is 4.71. The van der Waals surface area contributed by atoms with Crippen molar-refractivity contribution in [3.05, 3.63) is 41.5 Å². The molecule has 5 nitrogen and oxygen atoms in total. The maximum absolute atomic E-state index is 12.8. The summed E-state index contributed by atoms with van der Waals surface area (Å²) in [5.74, 6) is 3.32. The summed E-state index contributed by atoms with van der Waals surface area (Å²) in [6, 6.07) is 7.59. The summed E-state index contributed by atoms with van der Waals surface area (Å²) in [6.07, 6.45) is 13.8. The van der Waals surface area contributed by atoms with Gasteiger partial charge < -0.3 is 15.3 Å². The highest BCUT2D eigenvalue weighted by atomic mass is 16.4. The van der Waals surface area contributed by atoms with Gasteiger partial charge in [0.05, 0.1) is 12.1 Å². The lowest BCUT2D eigenvalue weighted by Crippen LogP contribution is -2.68. The van der Waals surface area contributed by atoms with Crippen molar-refractivity contribution in [3.8, 4) is 0 Å². The minimum absolute atomic E-state index is 0.0234. The molecule has 0 bridgehead atoms. The fourth-order valence-electron chi connectivity index (χ4n) is 13.0. The van der Waals surface area contributed by atoms with Crippen molar-refractivity contribution in [2.45, 2.75) is 112 Å². The van der Waals surface area contributed by atoms with E-state index in [-0.39, 0.29) is 22.3 Å². The Morgan fingerprint density at radius 3 is 2.20 bits per heavy atom. The molecule has 0 heterocycles. The standard InChI is InChI=1S/C40H60N2O3/c1-25(2)28-16-21-40(41-24-33(43)42(8)9)23-22-38(6)30(34(28)40)14-15-32-37(5)19-17-29(26-10-12-27(13-11-26)35(44)45)36(3,4)31(37)18-20-39(32,38)7/h10-13,17,25,28,30-32,34,41H,14-16,18-24H2,1-9H3,(H,44,45)/t28-,30+,31-,32+,34+,37-,38+,39+,40-/m0/s1. The lowest BCUT2D eigenvalue weighted by atomic mass is 9.33. The molecule has 1 aromatic rings. The molecule has 1 aromatic carbocycles. The van der Waals surface area contributed by atoms with Gasteiger partial charge in [0.25, 0.3) is 0 Å². The number of carboxylic acids is 1. The van der Waals surface area contributed by atoms with E-state index >= 15 is 0 Å². The van der Waals surface area contributed by atoms with Crippen LogP contribution >= 0.6 is 0 Å². The second-order valence-corrected chi connectivity index (χ2v) is 17.9. The molecule has 0 unspecified atom stereocenters. The Kier molecular flexibility index (Phi) is 7.98. The van der Waals surface area contributed by atoms with Crippen LogP contribution in [0.3, 0.4) is 0 Å². The first-order valence-corrected chi connectivity index (χ1v) is 18.0. The van der Waals surface area contributed by atoms with Crippen LogP contribution in [-0.4, -0.2) is 48.1 Å². The first-order chi connectivity index (χ1) is 21.0. The number of hydrogen-bond acceptors (Lipinski definition) is 3. The highest BCUT2D eigenvalue weighted by Crippen LogP contribution is 2.76. The van der Waals surface area contributed by atoms with Crippen LogP contribution in [0.4, 0.5) is 0 Å². The fraction of sp³-hybridized carbons (Fsp3) is 0.750. The van der Waals surface area contributed by atoms with Crippen LogP contribution in [0.15, 0.2) is 30.3 Å². The summed E-state index contributed by atoms with van der Waals surface area (Å²) in [6.45, 7) is 18.3. The van der Waals surface area contributed by atoms with E-state index in [1.807, 2.05) is 26.2 Å². The van der Waals surface area contributed by atoms with E-state index in [2.05, 4.69) is 59.9 Å². The van der Waals surface area contributed by atoms with Crippen LogP contribution in [0.1, 0.15) is 122 Å². The SMILES string of the molecule is CC(C)[C@@H]1CC[C@]2(NCC(=O)N(C)C)CC[C@]3(C)[C@H](CC[C@@H]4[C@@]5(C)CC=C(c6ccc(C(=O)O)cc6)C(C)(C)[C@@H]5CC[C@]43C)[C@@H]12. The molecule has 45 heavy (non-hydrogen) atoms. The number of rotatable bonds is 6. The molecule has 5 aliphatic rings. The summed E-state index contributed by atoms with van der Waals surface area (Å²) in [5.41, 5.74) is 3.88. The third-order valence-corrected chi connectivity index (χ3v) is 15.5. The second kappa shape index (κ2) is 11.0. The predicted molar refractivity (Wildman–Crippen MR) is 183 cm³/mol. The Morgan fingerprint density at radius 2 is 1.58 bits per heavy atom. The van der Waals surface area contributed by atoms with E-state index in [9.17, 15) is 14.7 Å². The van der Waals surface area contributed by atoms with Crippen LogP contribution < -0.4 is 5.32 Å². The zero-order valence-electron chi connectivity index (χ0n) is 29.6. The highest BCUT2D eigenvalue weighted by molar-refractivity contribution is 5.88. The summed E-state index contributed by atoms with van der Waals surface area (Å²) in [4.78, 5) is 26.0. The third-order valence-electron chi connectivity index (χ3n) is 15.5. The van der Waals surface area contributed by atoms with Gasteiger partial charge in [0, 0.05) is 19.6 Å². The lowest BCUT2D eigenvalue weighted by molar-refractivity contribution is -0.221. The lowest BCUT2D eigenvalue weighted by Gasteiger charge is -2.72. The van der Waals surface area contributed by atoms with Gasteiger partial charge in [-0.05, 0) is 138 Å². The molecule has 0 aromatic heterocycles. The molecular weight excluding hydrogens is 556 g/mol. The van der Waals surface area contributed by atoms with Gasteiger partial charge in [-0.1, -0.05) is 66.7 Å². The van der Waals surface area contributed by atoms with E-state index in [0.717, 1.165) is 12.3 Å². The molecule has 5 heteroatoms. The maximum atomic E-state index is 12.8. The molecule has 4 saturated carbocycles. The minimum atomic E-state index is -0.864. The molecule has 9 atom stereocenters. The molecule has 0 aliphatic heterocycles. The Balaban J connectivity index is 1.33.